The number of pyridine rings is 1. The normalized spacial score (nSPS) is 11.5. The van der Waals surface area contributed by atoms with Crippen LogP contribution in [-0.2, 0) is 17.1 Å². The zero-order chi connectivity index (χ0) is 21.4. The molecule has 1 aromatic carbocycles. The third kappa shape index (κ3) is 3.68. The van der Waals surface area contributed by atoms with E-state index in [2.05, 4.69) is 55.4 Å². The molecule has 1 N–H and O–H groups in total. The van der Waals surface area contributed by atoms with Crippen molar-refractivity contribution in [2.45, 2.75) is 24.4 Å². The fourth-order valence-electron chi connectivity index (χ4n) is 3.28. The zero-order valence-electron chi connectivity index (χ0n) is 16.8. The van der Waals surface area contributed by atoms with E-state index in [0.717, 1.165) is 5.75 Å². The van der Waals surface area contributed by atoms with Crippen molar-refractivity contribution in [1.82, 2.24) is 39.3 Å². The van der Waals surface area contributed by atoms with Crippen molar-refractivity contribution in [3.63, 3.8) is 0 Å². The molecule has 0 aliphatic rings. The number of fused-ring (bicyclic) bond motifs is 3. The van der Waals surface area contributed by atoms with Crippen molar-refractivity contribution in [3.05, 3.63) is 70.0 Å². The van der Waals surface area contributed by atoms with E-state index in [9.17, 15) is 4.79 Å². The number of aromatic nitrogens is 8. The maximum Gasteiger partial charge on any atom is 0.268 e. The van der Waals surface area contributed by atoms with Crippen LogP contribution in [0.1, 0.15) is 17.0 Å². The van der Waals surface area contributed by atoms with Crippen molar-refractivity contribution in [3.8, 4) is 5.95 Å². The average Bonchev–Trinajstić information content (AvgIpc) is 3.39. The Morgan fingerprint density at radius 2 is 2.13 bits per heavy atom. The van der Waals surface area contributed by atoms with Gasteiger partial charge in [-0.05, 0) is 18.6 Å². The average molecular weight is 434 g/mol. The highest BCUT2D eigenvalue weighted by atomic mass is 32.2. The van der Waals surface area contributed by atoms with Crippen LogP contribution in [0.4, 0.5) is 0 Å². The lowest BCUT2D eigenvalue weighted by Crippen LogP contribution is -2.20. The predicted octanol–water partition coefficient (Wildman–Crippen LogP) is 2.29. The number of nitrogens with zero attached hydrogens (tertiary/aromatic N) is 7. The van der Waals surface area contributed by atoms with Gasteiger partial charge in [0.2, 0.25) is 11.1 Å². The second-order valence-corrected chi connectivity index (χ2v) is 7.88. The summed E-state index contributed by atoms with van der Waals surface area (Å²) >= 11 is 1.50. The van der Waals surface area contributed by atoms with Gasteiger partial charge in [0.15, 0.2) is 5.82 Å². The standard InChI is InChI=1S/C20H18N8O2S/c1-12-4-3-5-13(8-12)11-31-20-23-19(24-25-20)27-7-6-15-14(17(27)29)9-21-18-22-16(10-30-2)26-28(15)18/h3-9H,10-11H2,1-2H3,(H,23,24,25). The number of thioether (sulfide) groups is 1. The fraction of sp³-hybridized carbons (Fsp3) is 0.200. The second kappa shape index (κ2) is 7.93. The summed E-state index contributed by atoms with van der Waals surface area (Å²) in [7, 11) is 1.57. The summed E-state index contributed by atoms with van der Waals surface area (Å²) in [5.41, 5.74) is 2.73. The van der Waals surface area contributed by atoms with Crippen LogP contribution in [0.25, 0.3) is 22.6 Å². The molecule has 0 atom stereocenters. The smallest absolute Gasteiger partial charge is 0.268 e. The van der Waals surface area contributed by atoms with Crippen LogP contribution in [0.2, 0.25) is 0 Å². The van der Waals surface area contributed by atoms with Gasteiger partial charge in [-0.2, -0.15) is 14.5 Å². The maximum absolute atomic E-state index is 13.1. The van der Waals surface area contributed by atoms with E-state index in [1.807, 2.05) is 6.07 Å². The monoisotopic (exact) mass is 434 g/mol. The molecule has 0 radical (unpaired) electrons. The highest BCUT2D eigenvalue weighted by Gasteiger charge is 2.14. The molecule has 10 nitrogen and oxygen atoms in total. The first-order valence-corrected chi connectivity index (χ1v) is 10.5. The molecule has 0 unspecified atom stereocenters. The highest BCUT2D eigenvalue weighted by Crippen LogP contribution is 2.20. The number of H-pyrrole nitrogens is 1. The third-order valence-electron chi connectivity index (χ3n) is 4.68. The lowest BCUT2D eigenvalue weighted by Gasteiger charge is -2.04. The van der Waals surface area contributed by atoms with Crippen LogP contribution in [0, 0.1) is 6.92 Å². The molecule has 5 aromatic rings. The molecule has 4 heterocycles. The SMILES string of the molecule is COCc1nc2ncc3c(=O)n(-c4nc(SCc5cccc(C)c5)n[nH]4)ccc3n2n1. The first-order chi connectivity index (χ1) is 15.1. The van der Waals surface area contributed by atoms with Crippen LogP contribution < -0.4 is 5.56 Å². The van der Waals surface area contributed by atoms with Crippen LogP contribution in [0.15, 0.2) is 52.7 Å². The number of nitrogens with one attached hydrogen (secondary N) is 1. The van der Waals surface area contributed by atoms with E-state index < -0.39 is 0 Å². The van der Waals surface area contributed by atoms with Crippen molar-refractivity contribution >= 4 is 28.4 Å². The van der Waals surface area contributed by atoms with Gasteiger partial charge in [-0.1, -0.05) is 41.6 Å². The van der Waals surface area contributed by atoms with E-state index in [1.54, 1.807) is 23.9 Å². The highest BCUT2D eigenvalue weighted by molar-refractivity contribution is 7.98. The lowest BCUT2D eigenvalue weighted by molar-refractivity contribution is 0.178. The Hall–Kier alpha value is -3.57. The molecule has 0 fully saturated rings. The van der Waals surface area contributed by atoms with Gasteiger partial charge in [0.25, 0.3) is 11.3 Å². The molecule has 31 heavy (non-hydrogen) atoms. The molecule has 0 aliphatic carbocycles. The van der Waals surface area contributed by atoms with Crippen molar-refractivity contribution in [2.75, 3.05) is 7.11 Å². The van der Waals surface area contributed by atoms with Crippen LogP contribution in [0.3, 0.4) is 0 Å². The summed E-state index contributed by atoms with van der Waals surface area (Å²) in [5, 5.41) is 12.4. The summed E-state index contributed by atoms with van der Waals surface area (Å²) < 4.78 is 8.02. The van der Waals surface area contributed by atoms with Crippen molar-refractivity contribution in [2.24, 2.45) is 0 Å². The van der Waals surface area contributed by atoms with Gasteiger partial charge >= 0.3 is 0 Å². The molecule has 0 amide bonds. The van der Waals surface area contributed by atoms with Crippen molar-refractivity contribution in [1.29, 1.82) is 0 Å². The first-order valence-electron chi connectivity index (χ1n) is 9.48. The zero-order valence-corrected chi connectivity index (χ0v) is 17.6. The molecule has 0 spiro atoms. The number of hydrogen-bond donors (Lipinski definition) is 1. The summed E-state index contributed by atoms with van der Waals surface area (Å²) in [6.07, 6.45) is 3.13. The number of aryl methyl sites for hydroxylation is 1. The van der Waals surface area contributed by atoms with Gasteiger partial charge in [-0.25, -0.2) is 10.1 Å². The number of rotatable bonds is 6. The largest absolute Gasteiger partial charge is 0.377 e. The Bertz CT molecular complexity index is 1450. The van der Waals surface area contributed by atoms with Crippen LogP contribution >= 0.6 is 11.8 Å². The second-order valence-electron chi connectivity index (χ2n) is 6.94. The molecule has 156 valence electrons. The Balaban J connectivity index is 1.45. The summed E-state index contributed by atoms with van der Waals surface area (Å²) in [4.78, 5) is 26.1. The van der Waals surface area contributed by atoms with Gasteiger partial charge in [0, 0.05) is 25.3 Å². The van der Waals surface area contributed by atoms with Gasteiger partial charge in [-0.3, -0.25) is 9.36 Å². The number of aromatic amines is 1. The minimum Gasteiger partial charge on any atom is -0.377 e. The Morgan fingerprint density at radius 3 is 2.97 bits per heavy atom. The molecule has 5 rings (SSSR count). The number of ether oxygens (including phenoxy) is 1. The maximum atomic E-state index is 13.1. The van der Waals surface area contributed by atoms with Gasteiger partial charge < -0.3 is 4.74 Å². The topological polar surface area (TPSA) is 116 Å². The van der Waals surface area contributed by atoms with Crippen LogP contribution in [0.5, 0.6) is 0 Å². The number of hydrogen-bond acceptors (Lipinski definition) is 8. The predicted molar refractivity (Wildman–Crippen MR) is 115 cm³/mol. The lowest BCUT2D eigenvalue weighted by atomic mass is 10.2. The molecule has 4 aromatic heterocycles. The van der Waals surface area contributed by atoms with Gasteiger partial charge in [0.05, 0.1) is 10.9 Å². The molecule has 11 heteroatoms. The Kier molecular flexibility index (Phi) is 4.96. The number of benzene rings is 1. The fourth-order valence-corrected chi connectivity index (χ4v) is 4.01. The molecule has 0 bridgehead atoms. The summed E-state index contributed by atoms with van der Waals surface area (Å²) in [6.45, 7) is 2.33. The summed E-state index contributed by atoms with van der Waals surface area (Å²) in [6, 6.07) is 10.1. The van der Waals surface area contributed by atoms with E-state index in [4.69, 9.17) is 4.74 Å². The van der Waals surface area contributed by atoms with E-state index >= 15 is 0 Å². The molecular formula is C20H18N8O2S. The first kappa shape index (κ1) is 19.4. The molecule has 0 aliphatic heterocycles. The Labute approximate surface area is 180 Å². The number of methoxy groups -OCH3 is 1. The van der Waals surface area contributed by atoms with E-state index in [-0.39, 0.29) is 12.2 Å². The van der Waals surface area contributed by atoms with E-state index in [1.165, 1.54) is 33.7 Å². The molecule has 0 saturated carbocycles. The minimum atomic E-state index is -0.276. The van der Waals surface area contributed by atoms with Crippen molar-refractivity contribution < 1.29 is 4.74 Å². The summed E-state index contributed by atoms with van der Waals surface area (Å²) in [5.74, 6) is 1.99. The molecule has 0 saturated heterocycles. The van der Waals surface area contributed by atoms with Gasteiger partial charge in [-0.15, -0.1) is 10.2 Å². The van der Waals surface area contributed by atoms with Crippen LogP contribution in [-0.4, -0.2) is 46.4 Å². The quantitative estimate of drug-likeness (QED) is 0.405. The van der Waals surface area contributed by atoms with E-state index in [0.29, 0.717) is 33.6 Å². The Morgan fingerprint density at radius 1 is 1.23 bits per heavy atom. The molecular weight excluding hydrogens is 416 g/mol. The van der Waals surface area contributed by atoms with Gasteiger partial charge in [0.1, 0.15) is 6.61 Å². The minimum absolute atomic E-state index is 0.267. The third-order valence-corrected chi connectivity index (χ3v) is 5.60.